The molecule has 1 aromatic rings. The third kappa shape index (κ3) is 2.64. The number of carbonyl (C=O) groups excluding carboxylic acids is 1. The lowest BCUT2D eigenvalue weighted by molar-refractivity contribution is -0.153. The molecule has 0 amide bonds. The van der Waals surface area contributed by atoms with Gasteiger partial charge in [0, 0.05) is 0 Å². The number of aromatic hydroxyl groups is 1. The Hall–Kier alpha value is -1.75. The fraction of sp³-hybridized carbons (Fsp3) is 0.364. The van der Waals surface area contributed by atoms with Crippen molar-refractivity contribution >= 4 is 5.97 Å². The molecule has 0 aliphatic rings. The summed E-state index contributed by atoms with van der Waals surface area (Å²) in [6.45, 7) is 1.84. The molecule has 2 N–H and O–H groups in total. The fourth-order valence-electron chi connectivity index (χ4n) is 1.23. The van der Waals surface area contributed by atoms with Gasteiger partial charge in [0.2, 0.25) is 0 Å². The van der Waals surface area contributed by atoms with Gasteiger partial charge in [-0.15, -0.1) is 0 Å². The minimum Gasteiger partial charge on any atom is -0.504 e. The molecule has 5 heteroatoms. The zero-order valence-corrected chi connectivity index (χ0v) is 9.14. The van der Waals surface area contributed by atoms with Crippen LogP contribution in [0, 0.1) is 0 Å². The second-order valence-corrected chi connectivity index (χ2v) is 3.09. The van der Waals surface area contributed by atoms with E-state index in [9.17, 15) is 15.0 Å². The summed E-state index contributed by atoms with van der Waals surface area (Å²) in [4.78, 5) is 11.2. The van der Waals surface area contributed by atoms with Gasteiger partial charge in [-0.25, -0.2) is 4.79 Å². The van der Waals surface area contributed by atoms with Crippen LogP contribution in [0.1, 0.15) is 18.6 Å². The van der Waals surface area contributed by atoms with Crippen LogP contribution in [-0.4, -0.2) is 29.9 Å². The summed E-state index contributed by atoms with van der Waals surface area (Å²) in [6.07, 6.45) is -1.39. The zero-order valence-electron chi connectivity index (χ0n) is 9.14. The van der Waals surface area contributed by atoms with Crippen molar-refractivity contribution in [1.29, 1.82) is 0 Å². The molecule has 0 aromatic heterocycles. The first-order valence-corrected chi connectivity index (χ1v) is 4.81. The lowest BCUT2D eigenvalue weighted by Gasteiger charge is -2.11. The summed E-state index contributed by atoms with van der Waals surface area (Å²) < 4.78 is 9.49. The Balaban J connectivity index is 2.88. The van der Waals surface area contributed by atoms with E-state index < -0.39 is 12.1 Å². The molecule has 0 heterocycles. The highest BCUT2D eigenvalue weighted by Crippen LogP contribution is 2.29. The van der Waals surface area contributed by atoms with Gasteiger partial charge in [0.1, 0.15) is 0 Å². The Morgan fingerprint density at radius 3 is 2.69 bits per heavy atom. The van der Waals surface area contributed by atoms with Gasteiger partial charge in [-0.3, -0.25) is 0 Å². The monoisotopic (exact) mass is 226 g/mol. The minimum atomic E-state index is -1.39. The Morgan fingerprint density at radius 1 is 1.50 bits per heavy atom. The van der Waals surface area contributed by atoms with Gasteiger partial charge in [-0.05, 0) is 24.6 Å². The summed E-state index contributed by atoms with van der Waals surface area (Å²) in [5.74, 6) is -0.602. The van der Waals surface area contributed by atoms with Crippen LogP contribution in [-0.2, 0) is 9.53 Å². The van der Waals surface area contributed by atoms with Crippen LogP contribution in [0.15, 0.2) is 18.2 Å². The molecule has 88 valence electrons. The standard InChI is InChI=1S/C11H14O5/c1-3-16-11(14)10(13)7-4-5-9(15-2)8(12)6-7/h4-6,10,12-13H,3H2,1-2H3. The van der Waals surface area contributed by atoms with Crippen molar-refractivity contribution in [3.8, 4) is 11.5 Å². The van der Waals surface area contributed by atoms with Crippen molar-refractivity contribution in [2.45, 2.75) is 13.0 Å². The maximum Gasteiger partial charge on any atom is 0.339 e. The van der Waals surface area contributed by atoms with E-state index in [0.29, 0.717) is 0 Å². The normalized spacial score (nSPS) is 11.9. The van der Waals surface area contributed by atoms with Crippen LogP contribution in [0.3, 0.4) is 0 Å². The summed E-state index contributed by atoms with van der Waals surface area (Å²) >= 11 is 0. The smallest absolute Gasteiger partial charge is 0.339 e. The molecule has 0 aliphatic heterocycles. The second kappa shape index (κ2) is 5.37. The largest absolute Gasteiger partial charge is 0.504 e. The molecule has 0 radical (unpaired) electrons. The quantitative estimate of drug-likeness (QED) is 0.749. The van der Waals surface area contributed by atoms with Gasteiger partial charge in [0.05, 0.1) is 13.7 Å². The van der Waals surface area contributed by atoms with Gasteiger partial charge >= 0.3 is 5.97 Å². The maximum atomic E-state index is 11.2. The van der Waals surface area contributed by atoms with Crippen LogP contribution in [0.2, 0.25) is 0 Å². The summed E-state index contributed by atoms with van der Waals surface area (Å²) in [5.41, 5.74) is 0.261. The first-order chi connectivity index (χ1) is 7.60. The number of esters is 1. The molecule has 0 fully saturated rings. The predicted molar refractivity (Wildman–Crippen MR) is 56.3 cm³/mol. The highest BCUT2D eigenvalue weighted by Gasteiger charge is 2.19. The van der Waals surface area contributed by atoms with Crippen molar-refractivity contribution in [3.63, 3.8) is 0 Å². The third-order valence-electron chi connectivity index (χ3n) is 2.03. The molecule has 16 heavy (non-hydrogen) atoms. The lowest BCUT2D eigenvalue weighted by atomic mass is 10.1. The van der Waals surface area contributed by atoms with Crippen molar-refractivity contribution < 1.29 is 24.5 Å². The number of rotatable bonds is 4. The van der Waals surface area contributed by atoms with E-state index in [-0.39, 0.29) is 23.7 Å². The molecular weight excluding hydrogens is 212 g/mol. The van der Waals surface area contributed by atoms with Crippen LogP contribution in [0.25, 0.3) is 0 Å². The van der Waals surface area contributed by atoms with E-state index in [4.69, 9.17) is 4.74 Å². The first-order valence-electron chi connectivity index (χ1n) is 4.81. The minimum absolute atomic E-state index is 0.136. The van der Waals surface area contributed by atoms with Gasteiger partial charge in [0.25, 0.3) is 0 Å². The number of hydrogen-bond acceptors (Lipinski definition) is 5. The van der Waals surface area contributed by atoms with Crippen LogP contribution in [0.5, 0.6) is 11.5 Å². The summed E-state index contributed by atoms with van der Waals surface area (Å²) in [6, 6.07) is 4.22. The molecular formula is C11H14O5. The van der Waals surface area contributed by atoms with E-state index in [1.165, 1.54) is 25.3 Å². The predicted octanol–water partition coefficient (Wildman–Crippen LogP) is 0.997. The summed E-state index contributed by atoms with van der Waals surface area (Å²) in [7, 11) is 1.41. The summed E-state index contributed by atoms with van der Waals surface area (Å²) in [5, 5.41) is 19.0. The van der Waals surface area contributed by atoms with E-state index in [2.05, 4.69) is 4.74 Å². The van der Waals surface area contributed by atoms with E-state index in [0.717, 1.165) is 0 Å². The Bertz CT molecular complexity index is 375. The van der Waals surface area contributed by atoms with Gasteiger partial charge < -0.3 is 19.7 Å². The molecule has 0 saturated heterocycles. The van der Waals surface area contributed by atoms with E-state index in [1.54, 1.807) is 6.92 Å². The molecule has 1 atom stereocenters. The average Bonchev–Trinajstić information content (AvgIpc) is 2.28. The molecule has 5 nitrogen and oxygen atoms in total. The molecule has 0 saturated carbocycles. The van der Waals surface area contributed by atoms with Crippen molar-refractivity contribution in [2.75, 3.05) is 13.7 Å². The molecule has 1 unspecified atom stereocenters. The Morgan fingerprint density at radius 2 is 2.19 bits per heavy atom. The number of carbonyl (C=O) groups is 1. The van der Waals surface area contributed by atoms with Crippen molar-refractivity contribution in [2.24, 2.45) is 0 Å². The fourth-order valence-corrected chi connectivity index (χ4v) is 1.23. The number of aliphatic hydroxyl groups is 1. The number of ether oxygens (including phenoxy) is 2. The average molecular weight is 226 g/mol. The number of phenols is 1. The highest BCUT2D eigenvalue weighted by atomic mass is 16.5. The van der Waals surface area contributed by atoms with Gasteiger partial charge in [-0.1, -0.05) is 6.07 Å². The number of benzene rings is 1. The van der Waals surface area contributed by atoms with E-state index >= 15 is 0 Å². The number of phenolic OH excluding ortho intramolecular Hbond substituents is 1. The van der Waals surface area contributed by atoms with Crippen molar-refractivity contribution in [3.05, 3.63) is 23.8 Å². The molecule has 1 rings (SSSR count). The van der Waals surface area contributed by atoms with Crippen molar-refractivity contribution in [1.82, 2.24) is 0 Å². The molecule has 0 aliphatic carbocycles. The number of methoxy groups -OCH3 is 1. The number of aliphatic hydroxyl groups excluding tert-OH is 1. The third-order valence-corrected chi connectivity index (χ3v) is 2.03. The Kier molecular flexibility index (Phi) is 4.13. The number of hydrogen-bond donors (Lipinski definition) is 2. The highest BCUT2D eigenvalue weighted by molar-refractivity contribution is 5.76. The van der Waals surface area contributed by atoms with Crippen LogP contribution < -0.4 is 4.74 Å². The van der Waals surface area contributed by atoms with E-state index in [1.807, 2.05) is 0 Å². The topological polar surface area (TPSA) is 76.0 Å². The van der Waals surface area contributed by atoms with Gasteiger partial charge in [-0.2, -0.15) is 0 Å². The van der Waals surface area contributed by atoms with Gasteiger partial charge in [0.15, 0.2) is 17.6 Å². The Labute approximate surface area is 93.2 Å². The lowest BCUT2D eigenvalue weighted by Crippen LogP contribution is -2.15. The molecule has 0 bridgehead atoms. The molecule has 1 aromatic carbocycles. The second-order valence-electron chi connectivity index (χ2n) is 3.09. The maximum absolute atomic E-state index is 11.2. The molecule has 0 spiro atoms. The SMILES string of the molecule is CCOC(=O)C(O)c1ccc(OC)c(O)c1. The van der Waals surface area contributed by atoms with Crippen LogP contribution >= 0.6 is 0 Å². The van der Waals surface area contributed by atoms with Crippen LogP contribution in [0.4, 0.5) is 0 Å². The zero-order chi connectivity index (χ0) is 12.1. The first kappa shape index (κ1) is 12.3.